The summed E-state index contributed by atoms with van der Waals surface area (Å²) in [6.45, 7) is 6.35. The number of para-hydroxylation sites is 2. The molecule has 1 aliphatic carbocycles. The standard InChI is InChI=1S/C19H26N2O3/c1-3-24-17-7-5-4-6-16(17)20-18(22)14-12-15(14)19(23)21-10-8-13(2)9-11-21/h4-7,13-15H,3,8-12H2,1-2H3,(H,20,22). The van der Waals surface area contributed by atoms with Gasteiger partial charge in [-0.25, -0.2) is 0 Å². The van der Waals surface area contributed by atoms with Gasteiger partial charge in [-0.05, 0) is 44.2 Å². The summed E-state index contributed by atoms with van der Waals surface area (Å²) in [7, 11) is 0. The smallest absolute Gasteiger partial charge is 0.228 e. The van der Waals surface area contributed by atoms with Crippen molar-refractivity contribution in [3.8, 4) is 5.75 Å². The van der Waals surface area contributed by atoms with Gasteiger partial charge in [-0.3, -0.25) is 9.59 Å². The minimum Gasteiger partial charge on any atom is -0.492 e. The van der Waals surface area contributed by atoms with Gasteiger partial charge in [0.05, 0.1) is 24.1 Å². The number of benzene rings is 1. The zero-order chi connectivity index (χ0) is 17.1. The lowest BCUT2D eigenvalue weighted by Gasteiger charge is -2.30. The second kappa shape index (κ2) is 7.24. The number of piperidine rings is 1. The minimum atomic E-state index is -0.202. The zero-order valence-electron chi connectivity index (χ0n) is 14.5. The Kier molecular flexibility index (Phi) is 5.07. The topological polar surface area (TPSA) is 58.6 Å². The number of hydrogen-bond acceptors (Lipinski definition) is 3. The molecule has 0 spiro atoms. The number of anilines is 1. The van der Waals surface area contributed by atoms with Gasteiger partial charge in [-0.15, -0.1) is 0 Å². The Bertz CT molecular complexity index is 608. The molecular weight excluding hydrogens is 304 g/mol. The van der Waals surface area contributed by atoms with Crippen LogP contribution in [0.3, 0.4) is 0 Å². The predicted octanol–water partition coefficient (Wildman–Crippen LogP) is 2.92. The summed E-state index contributed by atoms with van der Waals surface area (Å²) < 4.78 is 5.53. The van der Waals surface area contributed by atoms with Crippen molar-refractivity contribution in [2.24, 2.45) is 17.8 Å². The number of nitrogens with zero attached hydrogens (tertiary/aromatic N) is 1. The highest BCUT2D eigenvalue weighted by atomic mass is 16.5. The summed E-state index contributed by atoms with van der Waals surface area (Å²) in [5, 5.41) is 2.92. The third kappa shape index (κ3) is 3.71. The van der Waals surface area contributed by atoms with Gasteiger partial charge in [-0.2, -0.15) is 0 Å². The van der Waals surface area contributed by atoms with Gasteiger partial charge in [0.2, 0.25) is 11.8 Å². The molecule has 130 valence electrons. The van der Waals surface area contributed by atoms with Crippen molar-refractivity contribution >= 4 is 17.5 Å². The molecule has 5 heteroatoms. The zero-order valence-corrected chi connectivity index (χ0v) is 14.5. The Balaban J connectivity index is 1.55. The maximum atomic E-state index is 12.5. The van der Waals surface area contributed by atoms with E-state index in [4.69, 9.17) is 4.74 Å². The average Bonchev–Trinajstić information content (AvgIpc) is 3.38. The van der Waals surface area contributed by atoms with E-state index in [-0.39, 0.29) is 23.7 Å². The van der Waals surface area contributed by atoms with E-state index in [9.17, 15) is 9.59 Å². The molecule has 2 amide bonds. The number of hydrogen-bond donors (Lipinski definition) is 1. The van der Waals surface area contributed by atoms with Crippen molar-refractivity contribution < 1.29 is 14.3 Å². The number of carbonyl (C=O) groups is 2. The number of rotatable bonds is 5. The second-order valence-corrected chi connectivity index (χ2v) is 6.87. The van der Waals surface area contributed by atoms with E-state index >= 15 is 0 Å². The molecule has 3 rings (SSSR count). The van der Waals surface area contributed by atoms with Crippen LogP contribution in [-0.4, -0.2) is 36.4 Å². The lowest BCUT2D eigenvalue weighted by Crippen LogP contribution is -2.39. The van der Waals surface area contributed by atoms with Gasteiger partial charge >= 0.3 is 0 Å². The van der Waals surface area contributed by atoms with E-state index in [1.807, 2.05) is 36.1 Å². The fourth-order valence-corrected chi connectivity index (χ4v) is 3.30. The number of carbonyl (C=O) groups excluding carboxylic acids is 2. The lowest BCUT2D eigenvalue weighted by atomic mass is 9.99. The molecule has 0 bridgehead atoms. The van der Waals surface area contributed by atoms with E-state index < -0.39 is 0 Å². The van der Waals surface area contributed by atoms with Crippen molar-refractivity contribution in [2.75, 3.05) is 25.0 Å². The molecule has 2 aliphatic rings. The third-order valence-corrected chi connectivity index (χ3v) is 4.98. The van der Waals surface area contributed by atoms with E-state index in [0.29, 0.717) is 30.4 Å². The largest absolute Gasteiger partial charge is 0.492 e. The molecule has 0 radical (unpaired) electrons. The fourth-order valence-electron chi connectivity index (χ4n) is 3.30. The van der Waals surface area contributed by atoms with Crippen molar-refractivity contribution in [1.82, 2.24) is 4.90 Å². The summed E-state index contributed by atoms with van der Waals surface area (Å²) in [6.07, 6.45) is 2.79. The van der Waals surface area contributed by atoms with E-state index in [2.05, 4.69) is 12.2 Å². The lowest BCUT2D eigenvalue weighted by molar-refractivity contribution is -0.135. The molecule has 1 N–H and O–H groups in total. The Morgan fingerprint density at radius 1 is 1.21 bits per heavy atom. The summed E-state index contributed by atoms with van der Waals surface area (Å²) in [6, 6.07) is 7.40. The van der Waals surface area contributed by atoms with E-state index in [1.54, 1.807) is 0 Å². The molecule has 1 aliphatic heterocycles. The van der Waals surface area contributed by atoms with Crippen molar-refractivity contribution in [2.45, 2.75) is 33.1 Å². The van der Waals surface area contributed by atoms with E-state index in [1.165, 1.54) is 0 Å². The molecule has 5 nitrogen and oxygen atoms in total. The predicted molar refractivity (Wildman–Crippen MR) is 92.8 cm³/mol. The van der Waals surface area contributed by atoms with Crippen LogP contribution in [0, 0.1) is 17.8 Å². The number of ether oxygens (including phenoxy) is 1. The molecule has 2 atom stereocenters. The van der Waals surface area contributed by atoms with Crippen LogP contribution in [0.1, 0.15) is 33.1 Å². The van der Waals surface area contributed by atoms with E-state index in [0.717, 1.165) is 25.9 Å². The van der Waals surface area contributed by atoms with Gasteiger partial charge in [0.15, 0.2) is 0 Å². The number of nitrogens with one attached hydrogen (secondary N) is 1. The van der Waals surface area contributed by atoms with Crippen LogP contribution in [0.15, 0.2) is 24.3 Å². The molecule has 24 heavy (non-hydrogen) atoms. The highest BCUT2D eigenvalue weighted by Gasteiger charge is 2.49. The van der Waals surface area contributed by atoms with Crippen LogP contribution >= 0.6 is 0 Å². The van der Waals surface area contributed by atoms with Gasteiger partial charge in [-0.1, -0.05) is 19.1 Å². The maximum Gasteiger partial charge on any atom is 0.228 e. The third-order valence-electron chi connectivity index (χ3n) is 4.98. The fraction of sp³-hybridized carbons (Fsp3) is 0.579. The first kappa shape index (κ1) is 16.8. The summed E-state index contributed by atoms with van der Waals surface area (Å²) in [4.78, 5) is 26.9. The summed E-state index contributed by atoms with van der Waals surface area (Å²) >= 11 is 0. The van der Waals surface area contributed by atoms with Gasteiger partial charge in [0.1, 0.15) is 5.75 Å². The molecule has 0 aromatic heterocycles. The maximum absolute atomic E-state index is 12.5. The Morgan fingerprint density at radius 3 is 2.62 bits per heavy atom. The van der Waals surface area contributed by atoms with Crippen LogP contribution < -0.4 is 10.1 Å². The minimum absolute atomic E-state index is 0.0779. The van der Waals surface area contributed by atoms with Crippen molar-refractivity contribution in [1.29, 1.82) is 0 Å². The Labute approximate surface area is 143 Å². The summed E-state index contributed by atoms with van der Waals surface area (Å²) in [5.41, 5.74) is 0.675. The van der Waals surface area contributed by atoms with Crippen LogP contribution in [0.5, 0.6) is 5.75 Å². The normalized spacial score (nSPS) is 23.7. The van der Waals surface area contributed by atoms with Crippen LogP contribution in [0.2, 0.25) is 0 Å². The number of likely N-dealkylation sites (tertiary alicyclic amines) is 1. The molecular formula is C19H26N2O3. The van der Waals surface area contributed by atoms with Crippen LogP contribution in [-0.2, 0) is 9.59 Å². The summed E-state index contributed by atoms with van der Waals surface area (Å²) in [5.74, 6) is 1.10. The van der Waals surface area contributed by atoms with Gasteiger partial charge in [0.25, 0.3) is 0 Å². The SMILES string of the molecule is CCOc1ccccc1NC(=O)C1CC1C(=O)N1CCC(C)CC1. The number of amides is 2. The first-order chi connectivity index (χ1) is 11.6. The van der Waals surface area contributed by atoms with Gasteiger partial charge < -0.3 is 15.0 Å². The molecule has 1 saturated heterocycles. The Hall–Kier alpha value is -2.04. The first-order valence-electron chi connectivity index (χ1n) is 8.91. The van der Waals surface area contributed by atoms with Gasteiger partial charge in [0, 0.05) is 13.1 Å². The monoisotopic (exact) mass is 330 g/mol. The van der Waals surface area contributed by atoms with Crippen LogP contribution in [0.4, 0.5) is 5.69 Å². The molecule has 2 fully saturated rings. The Morgan fingerprint density at radius 2 is 1.92 bits per heavy atom. The quantitative estimate of drug-likeness (QED) is 0.903. The molecule has 2 unspecified atom stereocenters. The van der Waals surface area contributed by atoms with Crippen molar-refractivity contribution in [3.05, 3.63) is 24.3 Å². The molecule has 1 aromatic carbocycles. The van der Waals surface area contributed by atoms with Crippen molar-refractivity contribution in [3.63, 3.8) is 0 Å². The first-order valence-corrected chi connectivity index (χ1v) is 8.91. The average molecular weight is 330 g/mol. The molecule has 1 saturated carbocycles. The molecule has 1 heterocycles. The highest BCUT2D eigenvalue weighted by molar-refractivity contribution is 6.00. The second-order valence-electron chi connectivity index (χ2n) is 6.87. The highest BCUT2D eigenvalue weighted by Crippen LogP contribution is 2.42. The van der Waals surface area contributed by atoms with Crippen LogP contribution in [0.25, 0.3) is 0 Å². The molecule has 1 aromatic rings.